The lowest BCUT2D eigenvalue weighted by atomic mass is 9.85. The molecule has 2 amide bonds. The topological polar surface area (TPSA) is 135 Å². The number of fused-ring (bicyclic) bond motifs is 1. The fourth-order valence-electron chi connectivity index (χ4n) is 5.62. The van der Waals surface area contributed by atoms with E-state index in [2.05, 4.69) is 20.3 Å². The summed E-state index contributed by atoms with van der Waals surface area (Å²) in [7, 11) is -1.74. The molecule has 50 heavy (non-hydrogen) atoms. The molecule has 1 heterocycles. The van der Waals surface area contributed by atoms with Crippen LogP contribution in [-0.4, -0.2) is 91.5 Å². The minimum Gasteiger partial charge on any atom is -0.378 e. The Balaban J connectivity index is 1.05. The highest BCUT2D eigenvalue weighted by atomic mass is 35.5. The second-order valence-electron chi connectivity index (χ2n) is 12.1. The van der Waals surface area contributed by atoms with Crippen LogP contribution in [0.5, 0.6) is 0 Å². The number of nitrogens with one attached hydrogen (secondary N) is 3. The van der Waals surface area contributed by atoms with E-state index in [1.807, 2.05) is 38.2 Å². The fraction of sp³-hybridized carbons (Fsp3) is 0.444. The van der Waals surface area contributed by atoms with Gasteiger partial charge < -0.3 is 29.7 Å². The number of hydrogen-bond acceptors (Lipinski definition) is 8. The van der Waals surface area contributed by atoms with Crippen molar-refractivity contribution >= 4 is 50.7 Å². The van der Waals surface area contributed by atoms with Crippen LogP contribution in [0.3, 0.4) is 0 Å². The molecule has 0 radical (unpaired) electrons. The third-order valence-electron chi connectivity index (χ3n) is 8.02. The molecule has 0 bridgehead atoms. The standard InChI is InChI=1S/C36H46Cl2N4O7S/c1-3-5-30(43)20-26-8-10-29(11-9-26)41-36(44)39-12-14-47-16-18-49-19-17-48-15-13-40-50(45,46)31-7-4-6-27(21-31)33-24-42(2)25-34-32(33)22-28(37)23-35(34)38/h4,6-11,21-23,33,40H,3,5,12-20,24-25H2,1-2H3,(H2,39,41,44)/t33-/m0/s1. The van der Waals surface area contributed by atoms with E-state index in [-0.39, 0.29) is 35.8 Å². The van der Waals surface area contributed by atoms with Crippen LogP contribution >= 0.6 is 23.2 Å². The summed E-state index contributed by atoms with van der Waals surface area (Å²) in [6.07, 6.45) is 1.81. The Labute approximate surface area is 305 Å². The van der Waals surface area contributed by atoms with Gasteiger partial charge in [-0.3, -0.25) is 4.79 Å². The lowest BCUT2D eigenvalue weighted by molar-refractivity contribution is -0.118. The lowest BCUT2D eigenvalue weighted by Crippen LogP contribution is -2.31. The Bertz CT molecular complexity index is 1680. The van der Waals surface area contributed by atoms with E-state index in [4.69, 9.17) is 37.4 Å². The number of halogens is 2. The first kappa shape index (κ1) is 39.7. The van der Waals surface area contributed by atoms with Gasteiger partial charge in [-0.05, 0) is 72.1 Å². The van der Waals surface area contributed by atoms with Crippen molar-refractivity contribution in [3.63, 3.8) is 0 Å². The Hall–Kier alpha value is -3.07. The van der Waals surface area contributed by atoms with Crippen molar-refractivity contribution in [3.05, 3.63) is 93.0 Å². The number of amides is 2. The lowest BCUT2D eigenvalue weighted by Gasteiger charge is -2.33. The Kier molecular flexibility index (Phi) is 16.0. The molecule has 0 fully saturated rings. The summed E-state index contributed by atoms with van der Waals surface area (Å²) >= 11 is 12.8. The molecule has 0 aromatic heterocycles. The molecule has 0 unspecified atom stereocenters. The molecular formula is C36H46Cl2N4O7S. The van der Waals surface area contributed by atoms with Gasteiger partial charge in [0.25, 0.3) is 0 Å². The van der Waals surface area contributed by atoms with Crippen LogP contribution in [0, 0.1) is 0 Å². The summed E-state index contributed by atoms with van der Waals surface area (Å²) < 4.78 is 45.2. The number of benzene rings is 3. The van der Waals surface area contributed by atoms with Crippen LogP contribution < -0.4 is 15.4 Å². The molecule has 0 saturated heterocycles. The summed E-state index contributed by atoms with van der Waals surface area (Å²) in [5, 5.41) is 6.64. The number of Topliss-reactive ketones (excluding diaryl/α,β-unsaturated/α-hetero) is 1. The zero-order valence-corrected chi connectivity index (χ0v) is 30.8. The second kappa shape index (κ2) is 20.1. The zero-order chi connectivity index (χ0) is 35.9. The van der Waals surface area contributed by atoms with Gasteiger partial charge in [0.2, 0.25) is 10.0 Å². The maximum absolute atomic E-state index is 13.1. The zero-order valence-electron chi connectivity index (χ0n) is 28.5. The molecule has 0 aliphatic carbocycles. The average Bonchev–Trinajstić information content (AvgIpc) is 3.08. The molecule has 0 saturated carbocycles. The van der Waals surface area contributed by atoms with Crippen LogP contribution in [0.15, 0.2) is 65.6 Å². The van der Waals surface area contributed by atoms with E-state index in [1.54, 1.807) is 36.4 Å². The molecule has 3 aromatic rings. The van der Waals surface area contributed by atoms with Crippen molar-refractivity contribution in [1.82, 2.24) is 14.9 Å². The van der Waals surface area contributed by atoms with Gasteiger partial charge in [-0.1, -0.05) is 54.4 Å². The molecule has 272 valence electrons. The highest BCUT2D eigenvalue weighted by Crippen LogP contribution is 2.38. The van der Waals surface area contributed by atoms with Crippen LogP contribution in [0.4, 0.5) is 10.5 Å². The number of carbonyl (C=O) groups excluding carboxylic acids is 2. The Morgan fingerprint density at radius 3 is 2.28 bits per heavy atom. The molecule has 1 atom stereocenters. The molecular weight excluding hydrogens is 703 g/mol. The van der Waals surface area contributed by atoms with Crippen LogP contribution in [0.1, 0.15) is 47.9 Å². The first-order valence-corrected chi connectivity index (χ1v) is 18.9. The first-order chi connectivity index (χ1) is 24.1. The number of anilines is 1. The molecule has 0 spiro atoms. The summed E-state index contributed by atoms with van der Waals surface area (Å²) in [5.41, 5.74) is 4.45. The van der Waals surface area contributed by atoms with E-state index in [0.29, 0.717) is 81.2 Å². The number of sulfonamides is 1. The van der Waals surface area contributed by atoms with Gasteiger partial charge in [0.1, 0.15) is 5.78 Å². The highest BCUT2D eigenvalue weighted by molar-refractivity contribution is 7.89. The number of likely N-dealkylation sites (N-methyl/N-ethyl adjacent to an activating group) is 1. The maximum Gasteiger partial charge on any atom is 0.319 e. The number of urea groups is 1. The van der Waals surface area contributed by atoms with Crippen molar-refractivity contribution in [2.24, 2.45) is 0 Å². The highest BCUT2D eigenvalue weighted by Gasteiger charge is 2.28. The number of ketones is 1. The smallest absolute Gasteiger partial charge is 0.319 e. The number of rotatable bonds is 20. The summed E-state index contributed by atoms with van der Waals surface area (Å²) in [5.74, 6) is 0.132. The Morgan fingerprint density at radius 2 is 1.58 bits per heavy atom. The molecule has 1 aliphatic heterocycles. The van der Waals surface area contributed by atoms with Gasteiger partial charge in [-0.15, -0.1) is 0 Å². The first-order valence-electron chi connectivity index (χ1n) is 16.7. The van der Waals surface area contributed by atoms with Gasteiger partial charge >= 0.3 is 6.03 Å². The predicted octanol–water partition coefficient (Wildman–Crippen LogP) is 5.63. The average molecular weight is 750 g/mol. The Morgan fingerprint density at radius 1 is 0.900 bits per heavy atom. The van der Waals surface area contributed by atoms with Crippen molar-refractivity contribution in [3.8, 4) is 0 Å². The van der Waals surface area contributed by atoms with Gasteiger partial charge in [0, 0.05) is 60.7 Å². The fourth-order valence-corrected chi connectivity index (χ4v) is 7.25. The third-order valence-corrected chi connectivity index (χ3v) is 10.0. The van der Waals surface area contributed by atoms with Crippen molar-refractivity contribution in [2.45, 2.75) is 43.5 Å². The second-order valence-corrected chi connectivity index (χ2v) is 14.7. The van der Waals surface area contributed by atoms with Gasteiger partial charge in [0.15, 0.2) is 0 Å². The molecule has 14 heteroatoms. The van der Waals surface area contributed by atoms with Crippen LogP contribution in [0.2, 0.25) is 10.0 Å². The molecule has 3 N–H and O–H groups in total. The normalized spacial score (nSPS) is 14.7. The van der Waals surface area contributed by atoms with Crippen molar-refractivity contribution < 1.29 is 32.2 Å². The molecule has 3 aromatic carbocycles. The van der Waals surface area contributed by atoms with Gasteiger partial charge in [-0.25, -0.2) is 17.9 Å². The number of ether oxygens (including phenoxy) is 3. The van der Waals surface area contributed by atoms with Crippen LogP contribution in [0.25, 0.3) is 0 Å². The molecule has 11 nitrogen and oxygen atoms in total. The largest absolute Gasteiger partial charge is 0.378 e. The number of hydrogen-bond donors (Lipinski definition) is 3. The minimum absolute atomic E-state index is 0.0722. The molecule has 1 aliphatic rings. The minimum atomic E-state index is -3.75. The predicted molar refractivity (Wildman–Crippen MR) is 196 cm³/mol. The monoisotopic (exact) mass is 748 g/mol. The third kappa shape index (κ3) is 12.6. The van der Waals surface area contributed by atoms with Gasteiger partial charge in [-0.2, -0.15) is 0 Å². The van der Waals surface area contributed by atoms with Crippen molar-refractivity contribution in [1.29, 1.82) is 0 Å². The van der Waals surface area contributed by atoms with E-state index in [0.717, 1.165) is 28.7 Å². The summed E-state index contributed by atoms with van der Waals surface area (Å²) in [6.45, 7) is 5.67. The van der Waals surface area contributed by atoms with E-state index < -0.39 is 10.0 Å². The van der Waals surface area contributed by atoms with E-state index >= 15 is 0 Å². The summed E-state index contributed by atoms with van der Waals surface area (Å²) in [4.78, 5) is 26.2. The van der Waals surface area contributed by atoms with Crippen molar-refractivity contribution in [2.75, 3.05) is 71.6 Å². The van der Waals surface area contributed by atoms with E-state index in [9.17, 15) is 18.0 Å². The number of carbonyl (C=O) groups is 2. The molecule has 4 rings (SSSR count). The summed E-state index contributed by atoms with van der Waals surface area (Å²) in [6, 6.07) is 17.5. The van der Waals surface area contributed by atoms with Crippen LogP contribution in [-0.2, 0) is 42.0 Å². The quantitative estimate of drug-likeness (QED) is 0.127. The van der Waals surface area contributed by atoms with Gasteiger partial charge in [0.05, 0.1) is 44.5 Å². The van der Waals surface area contributed by atoms with E-state index in [1.165, 1.54) is 0 Å². The number of nitrogens with zero attached hydrogens (tertiary/aromatic N) is 1. The SMILES string of the molecule is CCCC(=O)Cc1ccc(NC(=O)NCCOCCOCCOCCNS(=O)(=O)c2cccc([C@@H]3CN(C)Cc4c(Cl)cc(Cl)cc43)c2)cc1. The maximum atomic E-state index is 13.1.